The highest BCUT2D eigenvalue weighted by molar-refractivity contribution is 6.78. The van der Waals surface area contributed by atoms with Crippen LogP contribution in [0.3, 0.4) is 0 Å². The van der Waals surface area contributed by atoms with E-state index >= 15 is 0 Å². The molecule has 0 aromatic heterocycles. The lowest BCUT2D eigenvalue weighted by atomic mass is 10.2. The summed E-state index contributed by atoms with van der Waals surface area (Å²) in [5.74, 6) is 0. The van der Waals surface area contributed by atoms with Gasteiger partial charge in [-0.25, -0.2) is 0 Å². The molecule has 0 aliphatic rings. The Labute approximate surface area is 98.1 Å². The summed E-state index contributed by atoms with van der Waals surface area (Å²) in [6, 6.07) is 18.3. The molecule has 0 heterocycles. The number of hydrogen-bond donors (Lipinski definition) is 1. The lowest BCUT2D eigenvalue weighted by Crippen LogP contribution is -2.42. The third kappa shape index (κ3) is 2.40. The van der Waals surface area contributed by atoms with Crippen molar-refractivity contribution in [3.63, 3.8) is 0 Å². The van der Waals surface area contributed by atoms with Crippen LogP contribution in [-0.2, 0) is 6.42 Å². The normalized spacial score (nSPS) is 12.4. The quantitative estimate of drug-likeness (QED) is 0.780. The first-order valence-corrected chi connectivity index (χ1v) is 7.30. The van der Waals surface area contributed by atoms with E-state index in [1.165, 1.54) is 5.56 Å². The van der Waals surface area contributed by atoms with Crippen molar-refractivity contribution in [2.75, 3.05) is 0 Å². The Balaban J connectivity index is 2.24. The fraction of sp³-hybridized carbons (Fsp3) is 0.143. The Hall–Kier alpha value is -1.38. The molecule has 1 unspecified atom stereocenters. The molecule has 2 heteroatoms. The smallest absolute Gasteiger partial charge is 0.236 e. The highest BCUT2D eigenvalue weighted by atomic mass is 28.3. The van der Waals surface area contributed by atoms with E-state index < -0.39 is 9.04 Å². The largest absolute Gasteiger partial charge is 0.426 e. The summed E-state index contributed by atoms with van der Waals surface area (Å²) < 4.78 is 0. The summed E-state index contributed by atoms with van der Waals surface area (Å²) in [7, 11) is -1.95. The van der Waals surface area contributed by atoms with Crippen LogP contribution in [0, 0.1) is 0 Å². The van der Waals surface area contributed by atoms with Crippen LogP contribution < -0.4 is 10.4 Å². The van der Waals surface area contributed by atoms with Gasteiger partial charge in [0.25, 0.3) is 0 Å². The molecule has 1 nitrogen and oxygen atoms in total. The Morgan fingerprint density at radius 1 is 0.875 bits per heavy atom. The molecule has 16 heavy (non-hydrogen) atoms. The van der Waals surface area contributed by atoms with Crippen LogP contribution in [-0.4, -0.2) is 13.8 Å². The van der Waals surface area contributed by atoms with Crippen molar-refractivity contribution in [2.24, 2.45) is 0 Å². The highest BCUT2D eigenvalue weighted by Gasteiger charge is 2.12. The van der Waals surface area contributed by atoms with Gasteiger partial charge in [0.2, 0.25) is 9.04 Å². The van der Waals surface area contributed by atoms with E-state index in [0.29, 0.717) is 0 Å². The second-order valence-corrected chi connectivity index (χ2v) is 6.05. The molecule has 1 atom stereocenters. The maximum absolute atomic E-state index is 10.3. The molecule has 0 bridgehead atoms. The minimum Gasteiger partial charge on any atom is -0.426 e. The number of rotatable bonds is 3. The van der Waals surface area contributed by atoms with Crippen molar-refractivity contribution < 1.29 is 4.80 Å². The van der Waals surface area contributed by atoms with E-state index in [2.05, 4.69) is 31.2 Å². The van der Waals surface area contributed by atoms with E-state index in [1.54, 1.807) is 0 Å². The number of aryl methyl sites for hydroxylation is 1. The second kappa shape index (κ2) is 5.10. The van der Waals surface area contributed by atoms with Crippen molar-refractivity contribution in [2.45, 2.75) is 13.3 Å². The van der Waals surface area contributed by atoms with Crippen LogP contribution in [0.1, 0.15) is 12.5 Å². The summed E-state index contributed by atoms with van der Waals surface area (Å²) in [5, 5.41) is 2.16. The third-order valence-corrected chi connectivity index (χ3v) is 4.85. The Bertz CT molecular complexity index is 436. The molecule has 0 amide bonds. The average molecular weight is 228 g/mol. The van der Waals surface area contributed by atoms with E-state index in [1.807, 2.05) is 30.3 Å². The Morgan fingerprint density at radius 2 is 1.44 bits per heavy atom. The molecule has 0 saturated carbocycles. The summed E-state index contributed by atoms with van der Waals surface area (Å²) >= 11 is 0. The van der Waals surface area contributed by atoms with Gasteiger partial charge in [0.05, 0.1) is 0 Å². The van der Waals surface area contributed by atoms with Crippen LogP contribution in [0.5, 0.6) is 0 Å². The summed E-state index contributed by atoms with van der Waals surface area (Å²) in [6.45, 7) is 2.14. The lowest BCUT2D eigenvalue weighted by Gasteiger charge is -2.09. The van der Waals surface area contributed by atoms with Crippen molar-refractivity contribution >= 4 is 19.4 Å². The molecule has 0 spiro atoms. The molecule has 0 saturated heterocycles. The van der Waals surface area contributed by atoms with Gasteiger partial charge in [0, 0.05) is 0 Å². The van der Waals surface area contributed by atoms with Crippen molar-refractivity contribution in [1.82, 2.24) is 0 Å². The van der Waals surface area contributed by atoms with Gasteiger partial charge in [-0.15, -0.1) is 0 Å². The van der Waals surface area contributed by atoms with E-state index in [0.717, 1.165) is 16.8 Å². The lowest BCUT2D eigenvalue weighted by molar-refractivity contribution is 0.600. The standard InChI is InChI=1S/C14H16OSi/c1-2-12-8-10-14(11-9-12)16(15)13-6-4-3-5-7-13/h3-11,15-16H,2H2,1H3. The summed E-state index contributed by atoms with van der Waals surface area (Å²) in [5.41, 5.74) is 1.32. The predicted octanol–water partition coefficient (Wildman–Crippen LogP) is 1.08. The number of benzene rings is 2. The van der Waals surface area contributed by atoms with E-state index in [4.69, 9.17) is 0 Å². The van der Waals surface area contributed by atoms with Gasteiger partial charge in [-0.05, 0) is 22.4 Å². The number of hydrogen-bond acceptors (Lipinski definition) is 1. The zero-order valence-corrected chi connectivity index (χ0v) is 10.6. The molecule has 0 radical (unpaired) electrons. The molecule has 82 valence electrons. The third-order valence-electron chi connectivity index (χ3n) is 2.82. The second-order valence-electron chi connectivity index (χ2n) is 3.91. The first-order chi connectivity index (χ1) is 7.81. The molecule has 2 aromatic carbocycles. The molecule has 1 N–H and O–H groups in total. The molecule has 0 fully saturated rings. The van der Waals surface area contributed by atoms with E-state index in [9.17, 15) is 4.80 Å². The Kier molecular flexibility index (Phi) is 3.54. The fourth-order valence-electron chi connectivity index (χ4n) is 1.76. The van der Waals surface area contributed by atoms with Gasteiger partial charge in [0.15, 0.2) is 0 Å². The van der Waals surface area contributed by atoms with Gasteiger partial charge in [-0.2, -0.15) is 0 Å². The SMILES string of the molecule is CCc1ccc([SiH](O)c2ccccc2)cc1. The Morgan fingerprint density at radius 3 is 2.00 bits per heavy atom. The van der Waals surface area contributed by atoms with Gasteiger partial charge >= 0.3 is 0 Å². The predicted molar refractivity (Wildman–Crippen MR) is 70.9 cm³/mol. The van der Waals surface area contributed by atoms with Gasteiger partial charge in [-0.3, -0.25) is 0 Å². The zero-order valence-electron chi connectivity index (χ0n) is 9.43. The molecular weight excluding hydrogens is 212 g/mol. The molecule has 0 aliphatic heterocycles. The topological polar surface area (TPSA) is 20.2 Å². The average Bonchev–Trinajstić information content (AvgIpc) is 2.39. The van der Waals surface area contributed by atoms with Gasteiger partial charge in [0.1, 0.15) is 0 Å². The van der Waals surface area contributed by atoms with Crippen LogP contribution in [0.25, 0.3) is 0 Å². The maximum Gasteiger partial charge on any atom is 0.236 e. The monoisotopic (exact) mass is 228 g/mol. The van der Waals surface area contributed by atoms with Gasteiger partial charge in [-0.1, -0.05) is 61.5 Å². The fourth-order valence-corrected chi connectivity index (χ4v) is 3.29. The molecule has 2 aromatic rings. The van der Waals surface area contributed by atoms with Crippen molar-refractivity contribution in [3.05, 3.63) is 60.2 Å². The molecule has 0 aliphatic carbocycles. The summed E-state index contributed by atoms with van der Waals surface area (Å²) in [6.07, 6.45) is 1.04. The summed E-state index contributed by atoms with van der Waals surface area (Å²) in [4.78, 5) is 10.3. The van der Waals surface area contributed by atoms with Crippen molar-refractivity contribution in [3.8, 4) is 0 Å². The van der Waals surface area contributed by atoms with Crippen LogP contribution in [0.2, 0.25) is 0 Å². The first kappa shape index (κ1) is 11.1. The zero-order chi connectivity index (χ0) is 11.4. The van der Waals surface area contributed by atoms with Gasteiger partial charge < -0.3 is 4.80 Å². The molecule has 2 rings (SSSR count). The highest BCUT2D eigenvalue weighted by Crippen LogP contribution is 1.98. The van der Waals surface area contributed by atoms with E-state index in [-0.39, 0.29) is 0 Å². The minimum atomic E-state index is -1.95. The van der Waals surface area contributed by atoms with Crippen molar-refractivity contribution in [1.29, 1.82) is 0 Å². The maximum atomic E-state index is 10.3. The molecular formula is C14H16OSi. The van der Waals surface area contributed by atoms with Crippen LogP contribution in [0.15, 0.2) is 54.6 Å². The van der Waals surface area contributed by atoms with Crippen LogP contribution >= 0.6 is 0 Å². The minimum absolute atomic E-state index is 1.04. The van der Waals surface area contributed by atoms with Crippen LogP contribution in [0.4, 0.5) is 0 Å². The first-order valence-electron chi connectivity index (χ1n) is 5.63.